The van der Waals surface area contributed by atoms with Crippen molar-refractivity contribution in [3.05, 3.63) is 35.9 Å². The molecule has 0 fully saturated rings. The molecule has 0 unspecified atom stereocenters. The van der Waals surface area contributed by atoms with Gasteiger partial charge in [-0.1, -0.05) is 58.0 Å². The largest absolute Gasteiger partial charge is 0.465 e. The van der Waals surface area contributed by atoms with Gasteiger partial charge in [0, 0.05) is 6.54 Å². The lowest BCUT2D eigenvalue weighted by Gasteiger charge is -2.35. The molecule has 0 radical (unpaired) electrons. The van der Waals surface area contributed by atoms with E-state index in [0.717, 1.165) is 4.90 Å². The third-order valence-corrected chi connectivity index (χ3v) is 4.38. The van der Waals surface area contributed by atoms with E-state index in [1.54, 1.807) is 44.2 Å². The van der Waals surface area contributed by atoms with Crippen LogP contribution in [-0.2, 0) is 11.3 Å². The Hall–Kier alpha value is -2.29. The molecule has 0 heterocycles. The molecule has 28 heavy (non-hydrogen) atoms. The lowest BCUT2D eigenvalue weighted by molar-refractivity contribution is -0.215. The van der Waals surface area contributed by atoms with Crippen molar-refractivity contribution in [1.82, 2.24) is 10.2 Å². The van der Waals surface area contributed by atoms with Gasteiger partial charge in [-0.05, 0) is 17.4 Å². The summed E-state index contributed by atoms with van der Waals surface area (Å²) in [6.07, 6.45) is -9.03. The van der Waals surface area contributed by atoms with E-state index in [1.165, 1.54) is 13.8 Å². The standard InChI is InChI=1S/C19H27F3N2O4/c1-11(2)14(16(25)19(20,21)22)23-17(26)15(12(3)4)24(18(27)28)10-13-8-6-5-7-9-13/h5-9,11-12,14-16,25H,10H2,1-4H3,(H,23,26)(H,27,28)/t14-,15+,16-/m1/s1. The predicted molar refractivity (Wildman–Crippen MR) is 97.5 cm³/mol. The van der Waals surface area contributed by atoms with Crippen LogP contribution in [0.25, 0.3) is 0 Å². The van der Waals surface area contributed by atoms with Crippen LogP contribution in [0.4, 0.5) is 18.0 Å². The van der Waals surface area contributed by atoms with Crippen LogP contribution in [0, 0.1) is 11.8 Å². The molecule has 3 atom stereocenters. The summed E-state index contributed by atoms with van der Waals surface area (Å²) in [5.74, 6) is -2.10. The second-order valence-electron chi connectivity index (χ2n) is 7.35. The molecular formula is C19H27F3N2O4. The number of carboxylic acid groups (broad SMARTS) is 1. The first kappa shape index (κ1) is 23.7. The lowest BCUT2D eigenvalue weighted by Crippen LogP contribution is -2.58. The molecule has 9 heteroatoms. The fraction of sp³-hybridized carbons (Fsp3) is 0.579. The number of carbonyl (C=O) groups excluding carboxylic acids is 1. The van der Waals surface area contributed by atoms with Crippen LogP contribution in [0.15, 0.2) is 30.3 Å². The van der Waals surface area contributed by atoms with E-state index in [0.29, 0.717) is 5.56 Å². The summed E-state index contributed by atoms with van der Waals surface area (Å²) in [6.45, 7) is 5.98. The van der Waals surface area contributed by atoms with E-state index in [2.05, 4.69) is 5.32 Å². The van der Waals surface area contributed by atoms with Gasteiger partial charge in [-0.25, -0.2) is 4.79 Å². The molecule has 0 aliphatic carbocycles. The average Bonchev–Trinajstić information content (AvgIpc) is 2.57. The molecule has 2 amide bonds. The van der Waals surface area contributed by atoms with Gasteiger partial charge in [-0.3, -0.25) is 9.69 Å². The fourth-order valence-electron chi connectivity index (χ4n) is 2.93. The monoisotopic (exact) mass is 404 g/mol. The van der Waals surface area contributed by atoms with Crippen molar-refractivity contribution in [2.45, 2.75) is 58.6 Å². The van der Waals surface area contributed by atoms with Gasteiger partial charge < -0.3 is 15.5 Å². The highest BCUT2D eigenvalue weighted by Gasteiger charge is 2.46. The first-order chi connectivity index (χ1) is 12.9. The summed E-state index contributed by atoms with van der Waals surface area (Å²) in [7, 11) is 0. The van der Waals surface area contributed by atoms with Gasteiger partial charge in [0.05, 0.1) is 6.04 Å². The lowest BCUT2D eigenvalue weighted by atomic mass is 9.95. The molecular weight excluding hydrogens is 377 g/mol. The van der Waals surface area contributed by atoms with E-state index in [4.69, 9.17) is 0 Å². The molecule has 0 spiro atoms. The van der Waals surface area contributed by atoms with Crippen LogP contribution in [-0.4, -0.2) is 51.5 Å². The van der Waals surface area contributed by atoms with Gasteiger partial charge in [0.1, 0.15) is 6.04 Å². The summed E-state index contributed by atoms with van der Waals surface area (Å²) < 4.78 is 38.8. The average molecular weight is 404 g/mol. The molecule has 0 saturated heterocycles. The second kappa shape index (κ2) is 9.77. The number of amides is 2. The molecule has 3 N–H and O–H groups in total. The van der Waals surface area contributed by atoms with Crippen LogP contribution in [0.1, 0.15) is 33.3 Å². The van der Waals surface area contributed by atoms with E-state index < -0.39 is 48.2 Å². The van der Waals surface area contributed by atoms with Crippen LogP contribution < -0.4 is 5.32 Å². The van der Waals surface area contributed by atoms with Crippen molar-refractivity contribution < 1.29 is 33.0 Å². The van der Waals surface area contributed by atoms with E-state index in [9.17, 15) is 33.0 Å². The predicted octanol–water partition coefficient (Wildman–Crippen LogP) is 3.26. The number of aliphatic hydroxyl groups is 1. The van der Waals surface area contributed by atoms with Crippen LogP contribution in [0.2, 0.25) is 0 Å². The van der Waals surface area contributed by atoms with Gasteiger partial charge in [-0.2, -0.15) is 13.2 Å². The summed E-state index contributed by atoms with van der Waals surface area (Å²) in [6, 6.07) is 5.75. The third kappa shape index (κ3) is 6.40. The maximum Gasteiger partial charge on any atom is 0.416 e. The summed E-state index contributed by atoms with van der Waals surface area (Å²) in [5, 5.41) is 21.4. The van der Waals surface area contributed by atoms with Gasteiger partial charge in [0.25, 0.3) is 0 Å². The highest BCUT2D eigenvalue weighted by molar-refractivity contribution is 5.85. The third-order valence-electron chi connectivity index (χ3n) is 4.38. The molecule has 0 aliphatic heterocycles. The summed E-state index contributed by atoms with van der Waals surface area (Å²) in [4.78, 5) is 25.5. The van der Waals surface area contributed by atoms with Crippen molar-refractivity contribution in [2.75, 3.05) is 0 Å². The van der Waals surface area contributed by atoms with Crippen molar-refractivity contribution in [3.63, 3.8) is 0 Å². The Morgan fingerprint density at radius 3 is 2.00 bits per heavy atom. The number of rotatable bonds is 8. The SMILES string of the molecule is CC(C)[C@@H](NC(=O)[C@H](C(C)C)N(Cc1ccccc1)C(=O)O)[C@@H](O)C(F)(F)F. The minimum Gasteiger partial charge on any atom is -0.465 e. The quantitative estimate of drug-likeness (QED) is 0.620. The Bertz CT molecular complexity index is 650. The molecule has 0 saturated carbocycles. The zero-order valence-corrected chi connectivity index (χ0v) is 16.3. The maximum atomic E-state index is 12.9. The Balaban J connectivity index is 3.12. The van der Waals surface area contributed by atoms with Crippen LogP contribution in [0.5, 0.6) is 0 Å². The Labute approximate surface area is 162 Å². The van der Waals surface area contributed by atoms with Crippen molar-refractivity contribution in [3.8, 4) is 0 Å². The number of nitrogens with zero attached hydrogens (tertiary/aromatic N) is 1. The fourth-order valence-corrected chi connectivity index (χ4v) is 2.93. The zero-order valence-electron chi connectivity index (χ0n) is 16.3. The van der Waals surface area contributed by atoms with Crippen molar-refractivity contribution in [1.29, 1.82) is 0 Å². The Morgan fingerprint density at radius 2 is 1.61 bits per heavy atom. The number of benzene rings is 1. The molecule has 1 rings (SSSR count). The summed E-state index contributed by atoms with van der Waals surface area (Å²) >= 11 is 0. The Kier molecular flexibility index (Phi) is 8.29. The van der Waals surface area contributed by atoms with E-state index in [-0.39, 0.29) is 6.54 Å². The minimum atomic E-state index is -4.91. The molecule has 0 aromatic heterocycles. The maximum absolute atomic E-state index is 12.9. The number of nitrogens with one attached hydrogen (secondary N) is 1. The van der Waals surface area contributed by atoms with Crippen LogP contribution >= 0.6 is 0 Å². The Morgan fingerprint density at radius 1 is 1.07 bits per heavy atom. The normalized spacial score (nSPS) is 15.2. The second-order valence-corrected chi connectivity index (χ2v) is 7.35. The summed E-state index contributed by atoms with van der Waals surface area (Å²) in [5.41, 5.74) is 0.638. The number of hydrogen-bond acceptors (Lipinski definition) is 3. The molecule has 0 bridgehead atoms. The molecule has 1 aromatic carbocycles. The van der Waals surface area contributed by atoms with Crippen LogP contribution in [0.3, 0.4) is 0 Å². The van der Waals surface area contributed by atoms with Gasteiger partial charge in [-0.15, -0.1) is 0 Å². The van der Waals surface area contributed by atoms with E-state index in [1.807, 2.05) is 0 Å². The smallest absolute Gasteiger partial charge is 0.416 e. The highest BCUT2D eigenvalue weighted by Crippen LogP contribution is 2.26. The van der Waals surface area contributed by atoms with E-state index >= 15 is 0 Å². The first-order valence-corrected chi connectivity index (χ1v) is 8.94. The first-order valence-electron chi connectivity index (χ1n) is 8.94. The molecule has 0 aliphatic rings. The van der Waals surface area contributed by atoms with Gasteiger partial charge in [0.15, 0.2) is 6.10 Å². The van der Waals surface area contributed by atoms with Crippen molar-refractivity contribution >= 4 is 12.0 Å². The topological polar surface area (TPSA) is 89.9 Å². The number of aliphatic hydroxyl groups excluding tert-OH is 1. The van der Waals surface area contributed by atoms with Gasteiger partial charge >= 0.3 is 12.3 Å². The molecule has 1 aromatic rings. The minimum absolute atomic E-state index is 0.0966. The van der Waals surface area contributed by atoms with Crippen molar-refractivity contribution in [2.24, 2.45) is 11.8 Å². The zero-order chi connectivity index (χ0) is 21.6. The van der Waals surface area contributed by atoms with Gasteiger partial charge in [0.2, 0.25) is 5.91 Å². The number of halogens is 3. The molecule has 6 nitrogen and oxygen atoms in total. The molecule has 158 valence electrons. The number of alkyl halides is 3. The number of carbonyl (C=O) groups is 2. The highest BCUT2D eigenvalue weighted by atomic mass is 19.4. The number of hydrogen-bond donors (Lipinski definition) is 3.